The molecule has 4 heterocycles. The van der Waals surface area contributed by atoms with Gasteiger partial charge in [-0.1, -0.05) is 27.8 Å². The smallest absolute Gasteiger partial charge is 0.354 e. The van der Waals surface area contributed by atoms with Crippen molar-refractivity contribution in [3.63, 3.8) is 0 Å². The lowest BCUT2D eigenvalue weighted by molar-refractivity contribution is -0.651. The normalized spacial score (nSPS) is 13.1. The third-order valence-corrected chi connectivity index (χ3v) is 3.76. The molecule has 5 rings (SSSR count). The second-order valence-electron chi connectivity index (χ2n) is 4.84. The van der Waals surface area contributed by atoms with E-state index in [2.05, 4.69) is 27.9 Å². The number of nitrogens with zero attached hydrogens (tertiary/aromatic N) is 3. The van der Waals surface area contributed by atoms with E-state index in [9.17, 15) is 0 Å². The zero-order valence-corrected chi connectivity index (χ0v) is 10.1. The zero-order valence-electron chi connectivity index (χ0n) is 10.1. The minimum atomic E-state index is 0.848. The van der Waals surface area contributed by atoms with Gasteiger partial charge in [-0.2, -0.15) is 4.57 Å². The maximum absolute atomic E-state index is 6.02. The Kier molecular flexibility index (Phi) is 1.49. The number of oxazole rings is 1. The van der Waals surface area contributed by atoms with Gasteiger partial charge in [-0.05, 0) is 18.2 Å². The molecule has 1 aromatic carbocycles. The molecule has 0 saturated heterocycles. The van der Waals surface area contributed by atoms with Gasteiger partial charge in [-0.15, -0.1) is 0 Å². The lowest BCUT2D eigenvalue weighted by Gasteiger charge is -1.91. The third kappa shape index (κ3) is 1.04. The quantitative estimate of drug-likeness (QED) is 0.394. The van der Waals surface area contributed by atoms with Crippen molar-refractivity contribution in [2.24, 2.45) is 0 Å². The summed E-state index contributed by atoms with van der Waals surface area (Å²) in [6, 6.07) is 14.4. The van der Waals surface area contributed by atoms with E-state index in [0.717, 1.165) is 29.2 Å². The van der Waals surface area contributed by atoms with Gasteiger partial charge in [-0.25, -0.2) is 0 Å². The summed E-state index contributed by atoms with van der Waals surface area (Å²) in [5.74, 6) is 0.931. The molecular formula is C15H10N3O+. The maximum Gasteiger partial charge on any atom is 0.354 e. The summed E-state index contributed by atoms with van der Waals surface area (Å²) in [4.78, 5) is 0. The van der Waals surface area contributed by atoms with Crippen LogP contribution < -0.4 is 4.57 Å². The summed E-state index contributed by atoms with van der Waals surface area (Å²) in [6.07, 6.45) is 1.80. The monoisotopic (exact) mass is 248 g/mol. The van der Waals surface area contributed by atoms with Crippen LogP contribution in [0, 0.1) is 0 Å². The highest BCUT2D eigenvalue weighted by molar-refractivity contribution is 5.78. The largest absolute Gasteiger partial charge is 0.413 e. The van der Waals surface area contributed by atoms with Crippen molar-refractivity contribution in [2.45, 2.75) is 6.54 Å². The lowest BCUT2D eigenvalue weighted by Crippen LogP contribution is -2.32. The number of fused-ring (bicyclic) bond motifs is 7. The first kappa shape index (κ1) is 9.33. The number of aromatic nitrogens is 3. The van der Waals surface area contributed by atoms with Gasteiger partial charge < -0.3 is 4.42 Å². The summed E-state index contributed by atoms with van der Waals surface area (Å²) >= 11 is 0. The molecule has 0 unspecified atom stereocenters. The molecular weight excluding hydrogens is 238 g/mol. The van der Waals surface area contributed by atoms with E-state index in [0.29, 0.717) is 0 Å². The van der Waals surface area contributed by atoms with Crippen molar-refractivity contribution in [3.05, 3.63) is 54.2 Å². The molecule has 0 radical (unpaired) electrons. The summed E-state index contributed by atoms with van der Waals surface area (Å²) in [7, 11) is 0. The van der Waals surface area contributed by atoms with E-state index in [1.165, 1.54) is 11.1 Å². The molecule has 4 nitrogen and oxygen atoms in total. The highest BCUT2D eigenvalue weighted by Crippen LogP contribution is 2.31. The number of hydrogen-bond acceptors (Lipinski definition) is 2. The molecule has 4 heteroatoms. The number of hydrogen-bond donors (Lipinski definition) is 0. The Morgan fingerprint density at radius 3 is 3.11 bits per heavy atom. The Bertz CT molecular complexity index is 949. The minimum absolute atomic E-state index is 0.848. The summed E-state index contributed by atoms with van der Waals surface area (Å²) in [5, 5.41) is 4.42. The number of rotatable bonds is 0. The molecule has 0 N–H and O–H groups in total. The van der Waals surface area contributed by atoms with Crippen LogP contribution in [0.25, 0.3) is 28.2 Å². The van der Waals surface area contributed by atoms with Gasteiger partial charge in [-0.3, -0.25) is 0 Å². The first-order valence-corrected chi connectivity index (χ1v) is 6.29. The van der Waals surface area contributed by atoms with Gasteiger partial charge in [0.2, 0.25) is 5.58 Å². The van der Waals surface area contributed by atoms with Crippen molar-refractivity contribution >= 4 is 16.7 Å². The SMILES string of the molecule is c1ccc2c(c1)C[n+]1c-2oc2cc3cccnn3c21. The Hall–Kier alpha value is -2.62. The fraction of sp³-hybridized carbons (Fsp3) is 0.0667. The molecule has 0 saturated carbocycles. The van der Waals surface area contributed by atoms with E-state index in [-0.39, 0.29) is 0 Å². The van der Waals surface area contributed by atoms with Gasteiger partial charge in [0.1, 0.15) is 6.54 Å². The highest BCUT2D eigenvalue weighted by atomic mass is 16.4. The van der Waals surface area contributed by atoms with Crippen LogP contribution in [0.5, 0.6) is 0 Å². The topological polar surface area (TPSA) is 34.3 Å². The van der Waals surface area contributed by atoms with Crippen LogP contribution in [0.1, 0.15) is 5.56 Å². The van der Waals surface area contributed by atoms with Crippen molar-refractivity contribution in [1.29, 1.82) is 0 Å². The molecule has 0 aliphatic carbocycles. The van der Waals surface area contributed by atoms with Crippen LogP contribution in [0.15, 0.2) is 53.1 Å². The second kappa shape index (κ2) is 3.03. The van der Waals surface area contributed by atoms with Gasteiger partial charge in [0, 0.05) is 11.6 Å². The molecule has 0 fully saturated rings. The molecule has 4 aromatic rings. The van der Waals surface area contributed by atoms with Crippen LogP contribution in [-0.4, -0.2) is 9.61 Å². The Morgan fingerprint density at radius 1 is 1.16 bits per heavy atom. The molecule has 1 aliphatic heterocycles. The van der Waals surface area contributed by atoms with E-state index in [1.54, 1.807) is 6.20 Å². The Labute approximate surface area is 108 Å². The predicted octanol–water partition coefficient (Wildman–Crippen LogP) is 2.40. The minimum Gasteiger partial charge on any atom is -0.413 e. The Balaban J connectivity index is 1.94. The first-order chi connectivity index (χ1) is 9.42. The fourth-order valence-corrected chi connectivity index (χ4v) is 2.94. The zero-order chi connectivity index (χ0) is 12.4. The van der Waals surface area contributed by atoms with Crippen LogP contribution in [0.4, 0.5) is 0 Å². The van der Waals surface area contributed by atoms with E-state index in [4.69, 9.17) is 4.42 Å². The maximum atomic E-state index is 6.02. The highest BCUT2D eigenvalue weighted by Gasteiger charge is 2.32. The van der Waals surface area contributed by atoms with Gasteiger partial charge >= 0.3 is 5.65 Å². The molecule has 1 aliphatic rings. The second-order valence-corrected chi connectivity index (χ2v) is 4.84. The molecule has 90 valence electrons. The van der Waals surface area contributed by atoms with E-state index < -0.39 is 0 Å². The average Bonchev–Trinajstić information content (AvgIpc) is 3.05. The fourth-order valence-electron chi connectivity index (χ4n) is 2.94. The molecule has 19 heavy (non-hydrogen) atoms. The first-order valence-electron chi connectivity index (χ1n) is 6.29. The number of benzene rings is 1. The summed E-state index contributed by atoms with van der Waals surface area (Å²) in [5.41, 5.74) is 5.46. The molecule has 3 aromatic heterocycles. The van der Waals surface area contributed by atoms with Gasteiger partial charge in [0.15, 0.2) is 5.52 Å². The van der Waals surface area contributed by atoms with Crippen molar-refractivity contribution in [3.8, 4) is 11.5 Å². The molecule has 0 atom stereocenters. The molecule has 0 spiro atoms. The van der Waals surface area contributed by atoms with Crippen LogP contribution in [0.3, 0.4) is 0 Å². The van der Waals surface area contributed by atoms with Crippen LogP contribution in [0.2, 0.25) is 0 Å². The summed E-state index contributed by atoms with van der Waals surface area (Å²) < 4.78 is 10.2. The van der Waals surface area contributed by atoms with Crippen LogP contribution >= 0.6 is 0 Å². The Morgan fingerprint density at radius 2 is 2.11 bits per heavy atom. The van der Waals surface area contributed by atoms with Gasteiger partial charge in [0.05, 0.1) is 11.8 Å². The lowest BCUT2D eigenvalue weighted by atomic mass is 10.1. The third-order valence-electron chi connectivity index (χ3n) is 3.76. The van der Waals surface area contributed by atoms with Gasteiger partial charge in [0.25, 0.3) is 5.89 Å². The standard InChI is InChI=1S/C15H10N3O/c1-2-6-12-10(4-1)9-17-14-13(19-15(12)17)8-11-5-3-7-16-18(11)14/h1-8H,9H2/q+1. The predicted molar refractivity (Wildman–Crippen MR) is 69.7 cm³/mol. The van der Waals surface area contributed by atoms with Crippen molar-refractivity contribution < 1.29 is 8.98 Å². The average molecular weight is 248 g/mol. The molecule has 0 bridgehead atoms. The van der Waals surface area contributed by atoms with E-state index in [1.807, 2.05) is 28.8 Å². The van der Waals surface area contributed by atoms with Crippen LogP contribution in [-0.2, 0) is 6.54 Å². The van der Waals surface area contributed by atoms with E-state index >= 15 is 0 Å². The van der Waals surface area contributed by atoms with Crippen molar-refractivity contribution in [1.82, 2.24) is 9.61 Å². The van der Waals surface area contributed by atoms with Crippen molar-refractivity contribution in [2.75, 3.05) is 0 Å². The summed E-state index contributed by atoms with van der Waals surface area (Å²) in [6.45, 7) is 0.848. The molecule has 0 amide bonds.